The summed E-state index contributed by atoms with van der Waals surface area (Å²) in [4.78, 5) is 30.2. The van der Waals surface area contributed by atoms with Gasteiger partial charge in [0, 0.05) is 23.3 Å². The highest BCUT2D eigenvalue weighted by Crippen LogP contribution is 2.63. The molecular formula is C23H23ClN2O3. The first kappa shape index (κ1) is 18.6. The molecule has 29 heavy (non-hydrogen) atoms. The molecule has 4 aliphatic carbocycles. The molecule has 1 N–H and O–H groups in total. The summed E-state index contributed by atoms with van der Waals surface area (Å²) in [7, 11) is 0. The van der Waals surface area contributed by atoms with E-state index in [1.165, 1.54) is 0 Å². The Morgan fingerprint density at radius 1 is 1.07 bits per heavy atom. The molecule has 4 fully saturated rings. The number of carbonyl (C=O) groups is 2. The summed E-state index contributed by atoms with van der Waals surface area (Å²) >= 11 is 6.07. The quantitative estimate of drug-likeness (QED) is 0.730. The lowest BCUT2D eigenvalue weighted by Gasteiger charge is -2.60. The number of nitrogens with one attached hydrogen (secondary N) is 1. The molecule has 4 saturated carbocycles. The average Bonchev–Trinajstić information content (AvgIpc) is 2.67. The lowest BCUT2D eigenvalue weighted by molar-refractivity contribution is -0.176. The molecule has 2 atom stereocenters. The maximum Gasteiger partial charge on any atom is 0.357 e. The number of esters is 1. The topological polar surface area (TPSA) is 68.3 Å². The van der Waals surface area contributed by atoms with Crippen LogP contribution in [0.15, 0.2) is 48.7 Å². The van der Waals surface area contributed by atoms with Gasteiger partial charge in [0.2, 0.25) is 5.91 Å². The highest BCUT2D eigenvalue weighted by molar-refractivity contribution is 6.30. The molecule has 6 heteroatoms. The molecule has 1 aromatic heterocycles. The Balaban J connectivity index is 1.39. The lowest BCUT2D eigenvalue weighted by atomic mass is 9.47. The van der Waals surface area contributed by atoms with E-state index < -0.39 is 17.0 Å². The van der Waals surface area contributed by atoms with Crippen LogP contribution in [-0.4, -0.2) is 22.5 Å². The van der Waals surface area contributed by atoms with Gasteiger partial charge in [0.25, 0.3) is 0 Å². The van der Waals surface area contributed by atoms with Gasteiger partial charge in [0.15, 0.2) is 0 Å². The van der Waals surface area contributed by atoms with E-state index in [-0.39, 0.29) is 5.91 Å². The summed E-state index contributed by atoms with van der Waals surface area (Å²) in [5.41, 5.74) is -0.0281. The fourth-order valence-electron chi connectivity index (χ4n) is 6.13. The van der Waals surface area contributed by atoms with Gasteiger partial charge in [-0.2, -0.15) is 0 Å². The lowest BCUT2D eigenvalue weighted by Crippen LogP contribution is -2.60. The number of nitrogens with zero attached hydrogens (tertiary/aromatic N) is 1. The van der Waals surface area contributed by atoms with Gasteiger partial charge in [-0.05, 0) is 74.3 Å². The van der Waals surface area contributed by atoms with Gasteiger partial charge >= 0.3 is 5.97 Å². The highest BCUT2D eigenvalue weighted by Gasteiger charge is 2.62. The number of ether oxygens (including phenoxy) is 1. The minimum Gasteiger partial charge on any atom is -0.454 e. The first-order valence-electron chi connectivity index (χ1n) is 10.2. The van der Waals surface area contributed by atoms with Crippen LogP contribution in [0.2, 0.25) is 5.02 Å². The number of pyridine rings is 1. The molecule has 0 spiro atoms. The number of rotatable bonds is 4. The minimum absolute atomic E-state index is 0.0205. The van der Waals surface area contributed by atoms with E-state index in [9.17, 15) is 9.59 Å². The van der Waals surface area contributed by atoms with Crippen LogP contribution in [0.25, 0.3) is 0 Å². The Hall–Kier alpha value is -2.40. The predicted octanol–water partition coefficient (Wildman–Crippen LogP) is 4.87. The van der Waals surface area contributed by atoms with E-state index in [0.29, 0.717) is 34.7 Å². The molecule has 6 rings (SSSR count). The van der Waals surface area contributed by atoms with Crippen molar-refractivity contribution in [3.8, 4) is 0 Å². The third-order valence-electron chi connectivity index (χ3n) is 6.75. The van der Waals surface area contributed by atoms with Crippen LogP contribution in [0, 0.1) is 17.3 Å². The van der Waals surface area contributed by atoms with Crippen molar-refractivity contribution in [1.82, 2.24) is 4.98 Å². The second kappa shape index (κ2) is 6.84. The SMILES string of the molecule is O=C(OC12CC3CC(C1)CC(C(=O)Nc1cccc(Cl)c1)(C3)C2)c1ccccn1. The van der Waals surface area contributed by atoms with Crippen molar-refractivity contribution in [3.05, 3.63) is 59.4 Å². The van der Waals surface area contributed by atoms with Gasteiger partial charge in [-0.15, -0.1) is 0 Å². The normalized spacial score (nSPS) is 32.0. The van der Waals surface area contributed by atoms with E-state index in [1.807, 2.05) is 12.1 Å². The first-order chi connectivity index (χ1) is 14.0. The van der Waals surface area contributed by atoms with Crippen molar-refractivity contribution in [2.45, 2.75) is 44.1 Å². The summed E-state index contributed by atoms with van der Waals surface area (Å²) in [6, 6.07) is 12.4. The van der Waals surface area contributed by atoms with Crippen molar-refractivity contribution in [2.75, 3.05) is 5.32 Å². The van der Waals surface area contributed by atoms with Crippen molar-refractivity contribution >= 4 is 29.2 Å². The minimum atomic E-state index is -0.565. The molecular weight excluding hydrogens is 388 g/mol. The third-order valence-corrected chi connectivity index (χ3v) is 6.99. The summed E-state index contributed by atoms with van der Waals surface area (Å²) in [6.07, 6.45) is 6.70. The molecule has 0 radical (unpaired) electrons. The van der Waals surface area contributed by atoms with Crippen LogP contribution in [-0.2, 0) is 9.53 Å². The van der Waals surface area contributed by atoms with Gasteiger partial charge in [0.1, 0.15) is 11.3 Å². The van der Waals surface area contributed by atoms with Crippen LogP contribution < -0.4 is 5.32 Å². The second-order valence-electron chi connectivity index (χ2n) is 8.99. The number of amides is 1. The zero-order valence-electron chi connectivity index (χ0n) is 16.1. The van der Waals surface area contributed by atoms with Gasteiger partial charge in [-0.3, -0.25) is 4.79 Å². The predicted molar refractivity (Wildman–Crippen MR) is 110 cm³/mol. The molecule has 5 nitrogen and oxygen atoms in total. The van der Waals surface area contributed by atoms with Crippen LogP contribution in [0.4, 0.5) is 5.69 Å². The van der Waals surface area contributed by atoms with E-state index >= 15 is 0 Å². The Bertz CT molecular complexity index is 948. The molecule has 0 saturated heterocycles. The number of carbonyl (C=O) groups excluding carboxylic acids is 2. The number of hydrogen-bond donors (Lipinski definition) is 1. The molecule has 150 valence electrons. The number of benzene rings is 1. The smallest absolute Gasteiger partial charge is 0.357 e. The monoisotopic (exact) mass is 410 g/mol. The molecule has 4 aliphatic rings. The second-order valence-corrected chi connectivity index (χ2v) is 9.43. The number of aromatic nitrogens is 1. The van der Waals surface area contributed by atoms with Crippen molar-refractivity contribution in [3.63, 3.8) is 0 Å². The molecule has 2 aromatic rings. The highest BCUT2D eigenvalue weighted by atomic mass is 35.5. The van der Waals surface area contributed by atoms with E-state index in [0.717, 1.165) is 32.1 Å². The Labute approximate surface area is 174 Å². The Kier molecular flexibility index (Phi) is 4.39. The molecule has 1 aromatic carbocycles. The largest absolute Gasteiger partial charge is 0.454 e. The number of anilines is 1. The third kappa shape index (κ3) is 3.42. The first-order valence-corrected chi connectivity index (χ1v) is 10.5. The molecule has 4 bridgehead atoms. The van der Waals surface area contributed by atoms with Crippen molar-refractivity contribution in [1.29, 1.82) is 0 Å². The fraction of sp³-hybridized carbons (Fsp3) is 0.435. The van der Waals surface area contributed by atoms with Crippen LogP contribution in [0.3, 0.4) is 0 Å². The molecule has 2 unspecified atom stereocenters. The Morgan fingerprint density at radius 3 is 2.55 bits per heavy atom. The maximum absolute atomic E-state index is 13.4. The average molecular weight is 411 g/mol. The molecule has 1 amide bonds. The summed E-state index contributed by atoms with van der Waals surface area (Å²) in [5.74, 6) is 0.459. The fourth-order valence-corrected chi connectivity index (χ4v) is 6.32. The van der Waals surface area contributed by atoms with Gasteiger partial charge < -0.3 is 10.1 Å². The van der Waals surface area contributed by atoms with Crippen LogP contribution in [0.1, 0.15) is 49.0 Å². The van der Waals surface area contributed by atoms with Crippen LogP contribution >= 0.6 is 11.6 Å². The number of halogens is 1. The van der Waals surface area contributed by atoms with Gasteiger partial charge in [-0.25, -0.2) is 9.78 Å². The van der Waals surface area contributed by atoms with Crippen molar-refractivity contribution in [2.24, 2.45) is 17.3 Å². The van der Waals surface area contributed by atoms with E-state index in [2.05, 4.69) is 10.3 Å². The maximum atomic E-state index is 13.4. The Morgan fingerprint density at radius 2 is 1.86 bits per heavy atom. The van der Waals surface area contributed by atoms with Gasteiger partial charge in [-0.1, -0.05) is 23.7 Å². The van der Waals surface area contributed by atoms with Gasteiger partial charge in [0.05, 0.1) is 5.41 Å². The van der Waals surface area contributed by atoms with E-state index in [4.69, 9.17) is 16.3 Å². The molecule has 1 heterocycles. The van der Waals surface area contributed by atoms with Crippen LogP contribution in [0.5, 0.6) is 0 Å². The summed E-state index contributed by atoms with van der Waals surface area (Å²) in [5, 5.41) is 3.66. The standard InChI is InChI=1S/C23H23ClN2O3/c24-17-4-3-5-18(9-17)26-21(28)22-10-15-8-16(11-22)13-23(12-15,14-22)29-20(27)19-6-1-2-7-25-19/h1-7,9,15-16H,8,10-14H2,(H,26,28). The zero-order valence-corrected chi connectivity index (χ0v) is 16.8. The summed E-state index contributed by atoms with van der Waals surface area (Å²) in [6.45, 7) is 0. The zero-order chi connectivity index (χ0) is 20.1. The summed E-state index contributed by atoms with van der Waals surface area (Å²) < 4.78 is 6.08. The number of hydrogen-bond acceptors (Lipinski definition) is 4. The molecule has 0 aliphatic heterocycles. The van der Waals surface area contributed by atoms with Crippen molar-refractivity contribution < 1.29 is 14.3 Å². The van der Waals surface area contributed by atoms with E-state index in [1.54, 1.807) is 36.5 Å².